The second kappa shape index (κ2) is 4.14. The molecule has 2 aromatic rings. The van der Waals surface area contributed by atoms with Gasteiger partial charge in [0.15, 0.2) is 0 Å². The number of aromatic nitrogens is 2. The lowest BCUT2D eigenvalue weighted by molar-refractivity contribution is 0.0656. The summed E-state index contributed by atoms with van der Waals surface area (Å²) in [5.41, 5.74) is 3.02. The van der Waals surface area contributed by atoms with Gasteiger partial charge in [0, 0.05) is 30.8 Å². The predicted octanol–water partition coefficient (Wildman–Crippen LogP) is 2.29. The third-order valence-electron chi connectivity index (χ3n) is 3.33. The monoisotopic (exact) mass is 244 g/mol. The minimum absolute atomic E-state index is 0.121. The van der Waals surface area contributed by atoms with Crippen LogP contribution in [0.2, 0.25) is 0 Å². The van der Waals surface area contributed by atoms with Gasteiger partial charge in [-0.1, -0.05) is 11.6 Å². The summed E-state index contributed by atoms with van der Waals surface area (Å²) in [6.45, 7) is 2.01. The van der Waals surface area contributed by atoms with Crippen molar-refractivity contribution in [3.63, 3.8) is 0 Å². The molecule has 1 aromatic heterocycles. The molecule has 94 valence electrons. The van der Waals surface area contributed by atoms with Crippen molar-refractivity contribution in [3.05, 3.63) is 47.3 Å². The minimum atomic E-state index is -0.473. The lowest BCUT2D eigenvalue weighted by Crippen LogP contribution is -2.18. The standard InChI is InChI=1S/C14H16N2O2/c1-9-3-4-13-11(5-9)12(17)6-14(18-13)10-7-15-16(2)8-10/h3-5,7-8,12,14,17H,6H2,1-2H3/t12-,14?/m1/s1. The van der Waals surface area contributed by atoms with E-state index in [0.717, 1.165) is 22.4 Å². The van der Waals surface area contributed by atoms with E-state index in [9.17, 15) is 5.11 Å². The van der Waals surface area contributed by atoms with E-state index in [0.29, 0.717) is 6.42 Å². The second-order valence-electron chi connectivity index (χ2n) is 4.85. The van der Waals surface area contributed by atoms with Crippen LogP contribution in [0, 0.1) is 6.92 Å². The molecule has 4 heteroatoms. The normalized spacial score (nSPS) is 22.4. The van der Waals surface area contributed by atoms with Crippen molar-refractivity contribution in [3.8, 4) is 5.75 Å². The Morgan fingerprint density at radius 1 is 1.44 bits per heavy atom. The Hall–Kier alpha value is -1.81. The number of aliphatic hydroxyl groups is 1. The summed E-state index contributed by atoms with van der Waals surface area (Å²) in [4.78, 5) is 0. The zero-order valence-corrected chi connectivity index (χ0v) is 10.5. The van der Waals surface area contributed by atoms with Crippen LogP contribution in [0.5, 0.6) is 5.75 Å². The largest absolute Gasteiger partial charge is 0.485 e. The zero-order chi connectivity index (χ0) is 12.7. The van der Waals surface area contributed by atoms with E-state index in [2.05, 4.69) is 5.10 Å². The van der Waals surface area contributed by atoms with Crippen LogP contribution in [-0.2, 0) is 7.05 Å². The summed E-state index contributed by atoms with van der Waals surface area (Å²) in [6, 6.07) is 5.91. The van der Waals surface area contributed by atoms with E-state index in [4.69, 9.17) is 4.74 Å². The first-order chi connectivity index (χ1) is 8.63. The minimum Gasteiger partial charge on any atom is -0.485 e. The van der Waals surface area contributed by atoms with Gasteiger partial charge in [-0.25, -0.2) is 0 Å². The Morgan fingerprint density at radius 3 is 3.00 bits per heavy atom. The molecule has 0 aliphatic carbocycles. The summed E-state index contributed by atoms with van der Waals surface area (Å²) >= 11 is 0. The first kappa shape index (κ1) is 11.3. The molecule has 1 aliphatic heterocycles. The van der Waals surface area contributed by atoms with Crippen molar-refractivity contribution in [1.29, 1.82) is 0 Å². The van der Waals surface area contributed by atoms with Gasteiger partial charge < -0.3 is 9.84 Å². The first-order valence-electron chi connectivity index (χ1n) is 6.07. The van der Waals surface area contributed by atoms with Gasteiger partial charge in [-0.15, -0.1) is 0 Å². The third-order valence-corrected chi connectivity index (χ3v) is 3.33. The Morgan fingerprint density at radius 2 is 2.28 bits per heavy atom. The van der Waals surface area contributed by atoms with E-state index in [1.165, 1.54) is 0 Å². The van der Waals surface area contributed by atoms with E-state index in [-0.39, 0.29) is 6.10 Å². The smallest absolute Gasteiger partial charge is 0.130 e. The zero-order valence-electron chi connectivity index (χ0n) is 10.5. The maximum atomic E-state index is 10.2. The van der Waals surface area contributed by atoms with Gasteiger partial charge in [0.1, 0.15) is 11.9 Å². The van der Waals surface area contributed by atoms with Crippen LogP contribution in [0.1, 0.15) is 35.3 Å². The Kier molecular flexibility index (Phi) is 2.59. The average Bonchev–Trinajstić information content (AvgIpc) is 2.77. The summed E-state index contributed by atoms with van der Waals surface area (Å²) in [5, 5.41) is 14.4. The van der Waals surface area contributed by atoms with Crippen molar-refractivity contribution < 1.29 is 9.84 Å². The highest BCUT2D eigenvalue weighted by atomic mass is 16.5. The lowest BCUT2D eigenvalue weighted by atomic mass is 9.95. The predicted molar refractivity (Wildman–Crippen MR) is 67.3 cm³/mol. The van der Waals surface area contributed by atoms with Crippen LogP contribution >= 0.6 is 0 Å². The topological polar surface area (TPSA) is 47.3 Å². The molecule has 0 fully saturated rings. The molecule has 4 nitrogen and oxygen atoms in total. The summed E-state index contributed by atoms with van der Waals surface area (Å²) in [5.74, 6) is 0.771. The molecule has 2 heterocycles. The number of aliphatic hydroxyl groups excluding tert-OH is 1. The number of aryl methyl sites for hydroxylation is 2. The molecule has 1 N–H and O–H groups in total. The van der Waals surface area contributed by atoms with Gasteiger partial charge in [-0.3, -0.25) is 4.68 Å². The maximum Gasteiger partial charge on any atom is 0.130 e. The van der Waals surface area contributed by atoms with Crippen LogP contribution in [0.25, 0.3) is 0 Å². The highest BCUT2D eigenvalue weighted by Gasteiger charge is 2.28. The van der Waals surface area contributed by atoms with E-state index in [1.54, 1.807) is 10.9 Å². The molecular formula is C14H16N2O2. The molecule has 18 heavy (non-hydrogen) atoms. The van der Waals surface area contributed by atoms with Gasteiger partial charge in [-0.05, 0) is 19.1 Å². The van der Waals surface area contributed by atoms with Crippen LogP contribution < -0.4 is 4.74 Å². The Bertz CT molecular complexity index is 577. The number of nitrogens with zero attached hydrogens (tertiary/aromatic N) is 2. The quantitative estimate of drug-likeness (QED) is 0.837. The second-order valence-corrected chi connectivity index (χ2v) is 4.85. The van der Waals surface area contributed by atoms with Crippen molar-refractivity contribution in [2.45, 2.75) is 25.6 Å². The fourth-order valence-electron chi connectivity index (χ4n) is 2.38. The molecule has 0 amide bonds. The molecule has 1 aromatic carbocycles. The summed E-state index contributed by atoms with van der Waals surface area (Å²) in [7, 11) is 1.88. The molecule has 0 radical (unpaired) electrons. The number of rotatable bonds is 1. The Labute approximate surface area is 106 Å². The highest BCUT2D eigenvalue weighted by Crippen LogP contribution is 2.40. The summed E-state index contributed by atoms with van der Waals surface area (Å²) < 4.78 is 7.69. The van der Waals surface area contributed by atoms with Gasteiger partial charge in [0.2, 0.25) is 0 Å². The molecule has 1 unspecified atom stereocenters. The average molecular weight is 244 g/mol. The number of fused-ring (bicyclic) bond motifs is 1. The maximum absolute atomic E-state index is 10.2. The number of benzene rings is 1. The first-order valence-corrected chi connectivity index (χ1v) is 6.07. The molecule has 0 bridgehead atoms. The molecule has 0 spiro atoms. The SMILES string of the molecule is Cc1ccc2c(c1)[C@H](O)CC(c1cnn(C)c1)O2. The highest BCUT2D eigenvalue weighted by molar-refractivity contribution is 5.40. The summed E-state index contributed by atoms with van der Waals surface area (Å²) in [6.07, 6.45) is 3.69. The van der Waals surface area contributed by atoms with Crippen LogP contribution in [0.15, 0.2) is 30.6 Å². The third kappa shape index (κ3) is 1.88. The molecule has 2 atom stereocenters. The van der Waals surface area contributed by atoms with Crippen molar-refractivity contribution in [2.24, 2.45) is 7.05 Å². The fraction of sp³-hybridized carbons (Fsp3) is 0.357. The van der Waals surface area contributed by atoms with Crippen LogP contribution in [0.4, 0.5) is 0 Å². The number of hydrogen-bond donors (Lipinski definition) is 1. The van der Waals surface area contributed by atoms with Crippen molar-refractivity contribution >= 4 is 0 Å². The molecular weight excluding hydrogens is 228 g/mol. The molecule has 0 saturated carbocycles. The van der Waals surface area contributed by atoms with E-state index < -0.39 is 6.10 Å². The van der Waals surface area contributed by atoms with Crippen molar-refractivity contribution in [2.75, 3.05) is 0 Å². The molecule has 0 saturated heterocycles. The fourth-order valence-corrected chi connectivity index (χ4v) is 2.38. The number of hydrogen-bond acceptors (Lipinski definition) is 3. The molecule has 1 aliphatic rings. The van der Waals surface area contributed by atoms with Gasteiger partial charge in [-0.2, -0.15) is 5.10 Å². The van der Waals surface area contributed by atoms with Crippen LogP contribution in [0.3, 0.4) is 0 Å². The molecule has 3 rings (SSSR count). The van der Waals surface area contributed by atoms with E-state index >= 15 is 0 Å². The van der Waals surface area contributed by atoms with E-state index in [1.807, 2.05) is 38.4 Å². The van der Waals surface area contributed by atoms with Gasteiger partial charge in [0.05, 0.1) is 12.3 Å². The lowest BCUT2D eigenvalue weighted by Gasteiger charge is -2.29. The van der Waals surface area contributed by atoms with Crippen molar-refractivity contribution in [1.82, 2.24) is 9.78 Å². The number of ether oxygens (including phenoxy) is 1. The van der Waals surface area contributed by atoms with Gasteiger partial charge >= 0.3 is 0 Å². The van der Waals surface area contributed by atoms with Crippen LogP contribution in [-0.4, -0.2) is 14.9 Å². The Balaban J connectivity index is 1.94. The van der Waals surface area contributed by atoms with Gasteiger partial charge in [0.25, 0.3) is 0 Å².